The predicted molar refractivity (Wildman–Crippen MR) is 96.6 cm³/mol. The van der Waals surface area contributed by atoms with Gasteiger partial charge < -0.3 is 15.2 Å². The number of carbonyl (C=O) groups excluding carboxylic acids is 1. The van der Waals surface area contributed by atoms with Crippen LogP contribution in [-0.4, -0.2) is 61.0 Å². The number of piperidine rings is 1. The number of aryl methyl sites for hydroxylation is 1. The maximum atomic E-state index is 12.7. The van der Waals surface area contributed by atoms with Crippen molar-refractivity contribution in [2.45, 2.75) is 55.8 Å². The number of carbonyl (C=O) groups is 2. The quantitative estimate of drug-likeness (QED) is 0.764. The van der Waals surface area contributed by atoms with Crippen LogP contribution in [0.5, 0.6) is 0 Å². The molecule has 2 atom stereocenters. The molecular formula is C18H24N2O6S. The number of nitrogens with one attached hydrogen (secondary N) is 1. The van der Waals surface area contributed by atoms with Gasteiger partial charge >= 0.3 is 5.97 Å². The minimum absolute atomic E-state index is 0.144. The van der Waals surface area contributed by atoms with Gasteiger partial charge in [-0.25, -0.2) is 13.2 Å². The van der Waals surface area contributed by atoms with Crippen molar-refractivity contribution in [3.63, 3.8) is 0 Å². The van der Waals surface area contributed by atoms with Crippen LogP contribution in [0, 0.1) is 6.92 Å². The SMILES string of the molecule is Cc1ccc(S(=O)(=O)N2CCC(NC(=O)[C@@H]3CC[C@H](C(=O)O)O3)CC2)cc1. The van der Waals surface area contributed by atoms with Crippen LogP contribution >= 0.6 is 0 Å². The van der Waals surface area contributed by atoms with Crippen LogP contribution in [-0.2, 0) is 24.3 Å². The van der Waals surface area contributed by atoms with E-state index in [0.717, 1.165) is 5.56 Å². The molecule has 2 N–H and O–H groups in total. The number of benzene rings is 1. The molecule has 8 nitrogen and oxygen atoms in total. The Balaban J connectivity index is 1.52. The van der Waals surface area contributed by atoms with Crippen molar-refractivity contribution in [1.82, 2.24) is 9.62 Å². The Hall–Kier alpha value is -1.97. The summed E-state index contributed by atoms with van der Waals surface area (Å²) in [5, 5.41) is 11.8. The summed E-state index contributed by atoms with van der Waals surface area (Å²) in [4.78, 5) is 23.4. The number of aliphatic carboxylic acids is 1. The molecule has 2 aliphatic heterocycles. The molecule has 1 amide bonds. The summed E-state index contributed by atoms with van der Waals surface area (Å²) in [6, 6.07) is 6.61. The lowest BCUT2D eigenvalue weighted by Crippen LogP contribution is -2.48. The molecule has 2 heterocycles. The van der Waals surface area contributed by atoms with Gasteiger partial charge in [0.1, 0.15) is 6.10 Å². The highest BCUT2D eigenvalue weighted by Gasteiger charge is 2.36. The van der Waals surface area contributed by atoms with Crippen molar-refractivity contribution in [2.75, 3.05) is 13.1 Å². The lowest BCUT2D eigenvalue weighted by Gasteiger charge is -2.32. The minimum atomic E-state index is -3.53. The molecule has 1 aromatic carbocycles. The highest BCUT2D eigenvalue weighted by molar-refractivity contribution is 7.89. The van der Waals surface area contributed by atoms with E-state index >= 15 is 0 Å². The van der Waals surface area contributed by atoms with E-state index in [9.17, 15) is 18.0 Å². The van der Waals surface area contributed by atoms with Gasteiger partial charge in [-0.2, -0.15) is 4.31 Å². The lowest BCUT2D eigenvalue weighted by molar-refractivity contribution is -0.152. The highest BCUT2D eigenvalue weighted by atomic mass is 32.2. The average Bonchev–Trinajstić information content (AvgIpc) is 3.13. The van der Waals surface area contributed by atoms with E-state index in [4.69, 9.17) is 9.84 Å². The first kappa shape index (κ1) is 19.8. The Morgan fingerprint density at radius 3 is 2.22 bits per heavy atom. The topological polar surface area (TPSA) is 113 Å². The second-order valence-corrected chi connectivity index (χ2v) is 8.97. The second-order valence-electron chi connectivity index (χ2n) is 7.03. The fourth-order valence-corrected chi connectivity index (χ4v) is 4.88. The Morgan fingerprint density at radius 2 is 1.67 bits per heavy atom. The molecule has 2 aliphatic rings. The van der Waals surface area contributed by atoms with Gasteiger partial charge in [-0.05, 0) is 44.7 Å². The summed E-state index contributed by atoms with van der Waals surface area (Å²) in [5.41, 5.74) is 0.995. The zero-order chi connectivity index (χ0) is 19.6. The number of hydrogen-bond acceptors (Lipinski definition) is 5. The number of amides is 1. The molecule has 1 aromatic rings. The fraction of sp³-hybridized carbons (Fsp3) is 0.556. The third kappa shape index (κ3) is 4.48. The van der Waals surface area contributed by atoms with Crippen molar-refractivity contribution >= 4 is 21.9 Å². The Morgan fingerprint density at radius 1 is 1.07 bits per heavy atom. The van der Waals surface area contributed by atoms with Crippen molar-refractivity contribution in [1.29, 1.82) is 0 Å². The Kier molecular flexibility index (Phi) is 5.83. The maximum Gasteiger partial charge on any atom is 0.332 e. The van der Waals surface area contributed by atoms with Gasteiger partial charge in [0.2, 0.25) is 15.9 Å². The summed E-state index contributed by atoms with van der Waals surface area (Å²) in [6.07, 6.45) is 0.0322. The fourth-order valence-electron chi connectivity index (χ4n) is 3.41. The minimum Gasteiger partial charge on any atom is -0.479 e. The van der Waals surface area contributed by atoms with Crippen LogP contribution in [0.15, 0.2) is 29.2 Å². The number of nitrogens with zero attached hydrogens (tertiary/aromatic N) is 1. The van der Waals surface area contributed by atoms with Crippen LogP contribution in [0.25, 0.3) is 0 Å². The van der Waals surface area contributed by atoms with Gasteiger partial charge in [-0.3, -0.25) is 4.79 Å². The molecule has 148 valence electrons. The molecule has 2 saturated heterocycles. The van der Waals surface area contributed by atoms with E-state index < -0.39 is 28.2 Å². The predicted octanol–water partition coefficient (Wildman–Crippen LogP) is 0.897. The zero-order valence-electron chi connectivity index (χ0n) is 15.1. The van der Waals surface area contributed by atoms with Gasteiger partial charge in [0.05, 0.1) is 4.90 Å². The molecule has 0 saturated carbocycles. The van der Waals surface area contributed by atoms with Gasteiger partial charge in [-0.1, -0.05) is 17.7 Å². The summed E-state index contributed by atoms with van der Waals surface area (Å²) in [7, 11) is -3.53. The van der Waals surface area contributed by atoms with E-state index in [2.05, 4.69) is 5.32 Å². The third-order valence-electron chi connectivity index (χ3n) is 5.05. The monoisotopic (exact) mass is 396 g/mol. The molecule has 0 unspecified atom stereocenters. The molecule has 0 bridgehead atoms. The lowest BCUT2D eigenvalue weighted by atomic mass is 10.1. The first-order valence-electron chi connectivity index (χ1n) is 9.03. The van der Waals surface area contributed by atoms with Gasteiger partial charge in [0, 0.05) is 19.1 Å². The van der Waals surface area contributed by atoms with Crippen molar-refractivity contribution in [2.24, 2.45) is 0 Å². The number of sulfonamides is 1. The van der Waals surface area contributed by atoms with E-state index in [1.165, 1.54) is 4.31 Å². The molecule has 0 spiro atoms. The third-order valence-corrected chi connectivity index (χ3v) is 6.96. The molecule has 27 heavy (non-hydrogen) atoms. The molecule has 9 heteroatoms. The van der Waals surface area contributed by atoms with Crippen LogP contribution in [0.2, 0.25) is 0 Å². The number of ether oxygens (including phenoxy) is 1. The first-order chi connectivity index (χ1) is 12.8. The van der Waals surface area contributed by atoms with Crippen LogP contribution in [0.4, 0.5) is 0 Å². The smallest absolute Gasteiger partial charge is 0.332 e. The molecule has 2 fully saturated rings. The summed E-state index contributed by atoms with van der Waals surface area (Å²) >= 11 is 0. The average molecular weight is 396 g/mol. The zero-order valence-corrected chi connectivity index (χ0v) is 15.9. The van der Waals surface area contributed by atoms with Gasteiger partial charge in [-0.15, -0.1) is 0 Å². The maximum absolute atomic E-state index is 12.7. The number of carboxylic acids is 1. The summed E-state index contributed by atoms with van der Waals surface area (Å²) in [6.45, 7) is 2.55. The summed E-state index contributed by atoms with van der Waals surface area (Å²) in [5.74, 6) is -1.38. The van der Waals surface area contributed by atoms with E-state index in [1.807, 2.05) is 6.92 Å². The molecule has 0 aliphatic carbocycles. The number of rotatable bonds is 5. The van der Waals surface area contributed by atoms with E-state index in [1.54, 1.807) is 24.3 Å². The molecule has 3 rings (SSSR count). The van der Waals surface area contributed by atoms with Crippen LogP contribution < -0.4 is 5.32 Å². The Labute approximate surface area is 158 Å². The number of hydrogen-bond donors (Lipinski definition) is 2. The standard InChI is InChI=1S/C18H24N2O6S/c1-12-2-4-14(5-3-12)27(24,25)20-10-8-13(9-11-20)19-17(21)15-6-7-16(26-15)18(22)23/h2-5,13,15-16H,6-11H2,1H3,(H,19,21)(H,22,23)/t15-,16+/m0/s1. The number of carboxylic acid groups (broad SMARTS) is 1. The van der Waals surface area contributed by atoms with Gasteiger partial charge in [0.15, 0.2) is 6.10 Å². The van der Waals surface area contributed by atoms with Gasteiger partial charge in [0.25, 0.3) is 0 Å². The first-order valence-corrected chi connectivity index (χ1v) is 10.5. The second kappa shape index (κ2) is 7.95. The van der Waals surface area contributed by atoms with E-state index in [-0.39, 0.29) is 16.8 Å². The molecular weight excluding hydrogens is 372 g/mol. The van der Waals surface area contributed by atoms with E-state index in [0.29, 0.717) is 38.8 Å². The van der Waals surface area contributed by atoms with Crippen molar-refractivity contribution in [3.05, 3.63) is 29.8 Å². The molecule has 0 aromatic heterocycles. The highest BCUT2D eigenvalue weighted by Crippen LogP contribution is 2.23. The Bertz CT molecular complexity index is 800. The summed E-state index contributed by atoms with van der Waals surface area (Å²) < 4.78 is 32.1. The van der Waals surface area contributed by atoms with Crippen molar-refractivity contribution in [3.8, 4) is 0 Å². The van der Waals surface area contributed by atoms with Crippen LogP contribution in [0.1, 0.15) is 31.2 Å². The van der Waals surface area contributed by atoms with Crippen molar-refractivity contribution < 1.29 is 27.9 Å². The largest absolute Gasteiger partial charge is 0.479 e. The molecule has 0 radical (unpaired) electrons. The normalized spacial score (nSPS) is 24.6. The van der Waals surface area contributed by atoms with Crippen LogP contribution in [0.3, 0.4) is 0 Å².